The molecule has 1 aliphatic heterocycles. The molecule has 1 N–H and O–H groups in total. The number of carbonyl (C=O) groups is 2. The van der Waals surface area contributed by atoms with Crippen LogP contribution in [0.4, 0.5) is 11.4 Å². The first kappa shape index (κ1) is 18.3. The Morgan fingerprint density at radius 3 is 2.54 bits per heavy atom. The van der Waals surface area contributed by atoms with Gasteiger partial charge < -0.3 is 15.0 Å². The predicted molar refractivity (Wildman–Crippen MR) is 103 cm³/mol. The summed E-state index contributed by atoms with van der Waals surface area (Å²) < 4.78 is 5.25. The number of methoxy groups -OCH3 is 1. The van der Waals surface area contributed by atoms with E-state index < -0.39 is 5.92 Å². The highest BCUT2D eigenvalue weighted by Gasteiger charge is 2.35. The predicted octanol–water partition coefficient (Wildman–Crippen LogP) is 3.96. The van der Waals surface area contributed by atoms with Crippen LogP contribution >= 0.6 is 11.6 Å². The zero-order chi connectivity index (χ0) is 18.8. The quantitative estimate of drug-likeness (QED) is 0.883. The van der Waals surface area contributed by atoms with Gasteiger partial charge in [-0.2, -0.15) is 0 Å². The van der Waals surface area contributed by atoms with Gasteiger partial charge in [-0.3, -0.25) is 9.59 Å². The maximum Gasteiger partial charge on any atom is 0.229 e. The van der Waals surface area contributed by atoms with Crippen LogP contribution < -0.4 is 15.0 Å². The van der Waals surface area contributed by atoms with Gasteiger partial charge in [0.1, 0.15) is 5.75 Å². The monoisotopic (exact) mass is 372 g/mol. The Morgan fingerprint density at radius 1 is 1.19 bits per heavy atom. The first-order chi connectivity index (χ1) is 12.4. The van der Waals surface area contributed by atoms with Crippen LogP contribution in [0.3, 0.4) is 0 Å². The minimum absolute atomic E-state index is 0.0480. The molecule has 2 aromatic carbocycles. The van der Waals surface area contributed by atoms with Crippen molar-refractivity contribution in [2.24, 2.45) is 5.92 Å². The summed E-state index contributed by atoms with van der Waals surface area (Å²) in [5, 5.41) is 3.33. The van der Waals surface area contributed by atoms with Crippen molar-refractivity contribution in [3.05, 3.63) is 52.5 Å². The molecule has 0 saturated carbocycles. The summed E-state index contributed by atoms with van der Waals surface area (Å²) in [5.74, 6) is -0.163. The fraction of sp³-hybridized carbons (Fsp3) is 0.300. The molecule has 0 bridgehead atoms. The van der Waals surface area contributed by atoms with Crippen LogP contribution in [-0.4, -0.2) is 25.5 Å². The summed E-state index contributed by atoms with van der Waals surface area (Å²) in [7, 11) is 1.53. The van der Waals surface area contributed by atoms with Crippen LogP contribution in [0.1, 0.15) is 17.5 Å². The molecule has 1 unspecified atom stereocenters. The van der Waals surface area contributed by atoms with Crippen molar-refractivity contribution >= 4 is 34.8 Å². The Balaban J connectivity index is 1.76. The number of halogens is 1. The highest BCUT2D eigenvalue weighted by atomic mass is 35.5. The van der Waals surface area contributed by atoms with E-state index in [4.69, 9.17) is 16.3 Å². The van der Waals surface area contributed by atoms with Crippen molar-refractivity contribution in [2.75, 3.05) is 23.9 Å². The summed E-state index contributed by atoms with van der Waals surface area (Å²) in [6.07, 6.45) is 0.182. The molecule has 2 amide bonds. The molecule has 3 rings (SSSR count). The third-order valence-corrected chi connectivity index (χ3v) is 4.67. The number of carbonyl (C=O) groups excluding carboxylic acids is 2. The van der Waals surface area contributed by atoms with Crippen molar-refractivity contribution in [1.29, 1.82) is 0 Å². The number of rotatable bonds is 4. The van der Waals surface area contributed by atoms with Gasteiger partial charge in [0.15, 0.2) is 0 Å². The Hall–Kier alpha value is -2.53. The van der Waals surface area contributed by atoms with Gasteiger partial charge in [0.25, 0.3) is 0 Å². The summed E-state index contributed by atoms with van der Waals surface area (Å²) in [5.41, 5.74) is 3.51. The maximum atomic E-state index is 12.7. The molecule has 0 aliphatic carbocycles. The lowest BCUT2D eigenvalue weighted by Gasteiger charge is -2.18. The second-order valence-corrected chi connectivity index (χ2v) is 7.02. The zero-order valence-electron chi connectivity index (χ0n) is 15.0. The number of hydrogen-bond donors (Lipinski definition) is 1. The number of nitrogens with zero attached hydrogens (tertiary/aromatic N) is 1. The minimum atomic E-state index is -0.424. The van der Waals surface area contributed by atoms with Gasteiger partial charge in [-0.1, -0.05) is 17.7 Å². The Bertz CT molecular complexity index is 846. The van der Waals surface area contributed by atoms with Gasteiger partial charge >= 0.3 is 0 Å². The van der Waals surface area contributed by atoms with E-state index in [0.717, 1.165) is 16.8 Å². The molecule has 1 saturated heterocycles. The molecule has 1 heterocycles. The number of benzene rings is 2. The van der Waals surface area contributed by atoms with Crippen molar-refractivity contribution in [2.45, 2.75) is 20.3 Å². The fourth-order valence-electron chi connectivity index (χ4n) is 3.25. The molecule has 0 spiro atoms. The van der Waals surface area contributed by atoms with E-state index in [9.17, 15) is 9.59 Å². The third-order valence-electron chi connectivity index (χ3n) is 4.43. The molecule has 1 atom stereocenters. The highest BCUT2D eigenvalue weighted by molar-refractivity contribution is 6.31. The molecular formula is C20H21ClN2O3. The van der Waals surface area contributed by atoms with Crippen LogP contribution in [0.5, 0.6) is 5.75 Å². The van der Waals surface area contributed by atoms with E-state index in [1.165, 1.54) is 7.11 Å². The molecule has 1 aliphatic rings. The van der Waals surface area contributed by atoms with Gasteiger partial charge in [0.2, 0.25) is 11.8 Å². The standard InChI is InChI=1S/C20H21ClN2O3/c1-12-6-13(2)8-16(7-12)23-11-14(9-19(23)24)20(25)22-17-10-15(21)4-5-18(17)26-3/h4-8,10,14H,9,11H2,1-3H3,(H,22,25). The van der Waals surface area contributed by atoms with E-state index in [0.29, 0.717) is 23.0 Å². The Kier molecular flexibility index (Phi) is 5.18. The zero-order valence-corrected chi connectivity index (χ0v) is 15.8. The minimum Gasteiger partial charge on any atom is -0.495 e. The number of hydrogen-bond acceptors (Lipinski definition) is 3. The van der Waals surface area contributed by atoms with Crippen molar-refractivity contribution in [3.8, 4) is 5.75 Å². The van der Waals surface area contributed by atoms with Gasteiger partial charge in [-0.15, -0.1) is 0 Å². The maximum absolute atomic E-state index is 12.7. The largest absolute Gasteiger partial charge is 0.495 e. The summed E-state index contributed by atoms with van der Waals surface area (Å²) in [4.78, 5) is 26.8. The summed E-state index contributed by atoms with van der Waals surface area (Å²) in [6, 6.07) is 11.0. The molecule has 0 aromatic heterocycles. The molecule has 2 aromatic rings. The SMILES string of the molecule is COc1ccc(Cl)cc1NC(=O)C1CC(=O)N(c2cc(C)cc(C)c2)C1. The number of aryl methyl sites for hydroxylation is 2. The van der Waals surface area contributed by atoms with E-state index >= 15 is 0 Å². The molecule has 6 heteroatoms. The van der Waals surface area contributed by atoms with E-state index in [-0.39, 0.29) is 18.2 Å². The number of ether oxygens (including phenoxy) is 1. The second kappa shape index (κ2) is 7.38. The lowest BCUT2D eigenvalue weighted by Crippen LogP contribution is -2.28. The number of nitrogens with one attached hydrogen (secondary N) is 1. The van der Waals surface area contributed by atoms with Crippen LogP contribution in [0.25, 0.3) is 0 Å². The fourth-order valence-corrected chi connectivity index (χ4v) is 3.42. The molecular weight excluding hydrogens is 352 g/mol. The van der Waals surface area contributed by atoms with E-state index in [2.05, 4.69) is 11.4 Å². The molecule has 136 valence electrons. The van der Waals surface area contributed by atoms with Crippen LogP contribution in [-0.2, 0) is 9.59 Å². The first-order valence-electron chi connectivity index (χ1n) is 8.40. The molecule has 26 heavy (non-hydrogen) atoms. The molecule has 1 fully saturated rings. The van der Waals surface area contributed by atoms with Crippen molar-refractivity contribution < 1.29 is 14.3 Å². The molecule has 5 nitrogen and oxygen atoms in total. The topological polar surface area (TPSA) is 58.6 Å². The second-order valence-electron chi connectivity index (χ2n) is 6.59. The third kappa shape index (κ3) is 3.83. The van der Waals surface area contributed by atoms with Crippen LogP contribution in [0.2, 0.25) is 5.02 Å². The lowest BCUT2D eigenvalue weighted by molar-refractivity contribution is -0.122. The van der Waals surface area contributed by atoms with E-state index in [1.807, 2.05) is 26.0 Å². The Labute approximate surface area is 157 Å². The first-order valence-corrected chi connectivity index (χ1v) is 8.78. The normalized spacial score (nSPS) is 16.7. The number of amides is 2. The molecule has 0 radical (unpaired) electrons. The van der Waals surface area contributed by atoms with Gasteiger partial charge in [-0.25, -0.2) is 0 Å². The average Bonchev–Trinajstić information content (AvgIpc) is 2.96. The highest BCUT2D eigenvalue weighted by Crippen LogP contribution is 2.31. The van der Waals surface area contributed by atoms with E-state index in [1.54, 1.807) is 23.1 Å². The Morgan fingerprint density at radius 2 is 1.88 bits per heavy atom. The summed E-state index contributed by atoms with van der Waals surface area (Å²) >= 11 is 6.00. The van der Waals surface area contributed by atoms with Crippen molar-refractivity contribution in [3.63, 3.8) is 0 Å². The summed E-state index contributed by atoms with van der Waals surface area (Å²) in [6.45, 7) is 4.34. The number of anilines is 2. The van der Waals surface area contributed by atoms with Gasteiger partial charge in [0.05, 0.1) is 18.7 Å². The van der Waals surface area contributed by atoms with Crippen LogP contribution in [0.15, 0.2) is 36.4 Å². The van der Waals surface area contributed by atoms with Crippen molar-refractivity contribution in [1.82, 2.24) is 0 Å². The van der Waals surface area contributed by atoms with Crippen LogP contribution in [0, 0.1) is 19.8 Å². The smallest absolute Gasteiger partial charge is 0.229 e. The van der Waals surface area contributed by atoms with Gasteiger partial charge in [0, 0.05) is 23.7 Å². The lowest BCUT2D eigenvalue weighted by atomic mass is 10.1. The average molecular weight is 373 g/mol. The van der Waals surface area contributed by atoms with Gasteiger partial charge in [-0.05, 0) is 55.3 Å².